The molecule has 26 heavy (non-hydrogen) atoms. The third-order valence-electron chi connectivity index (χ3n) is 3.04. The number of anilines is 1. The second-order valence-corrected chi connectivity index (χ2v) is 6.78. The maximum Gasteiger partial charge on any atom is 0.412 e. The van der Waals surface area contributed by atoms with Gasteiger partial charge in [0.15, 0.2) is 0 Å². The van der Waals surface area contributed by atoms with Crippen LogP contribution in [0.4, 0.5) is 10.5 Å². The van der Waals surface area contributed by atoms with Gasteiger partial charge >= 0.3 is 6.09 Å². The Morgan fingerprint density at radius 2 is 1.77 bits per heavy atom. The Labute approximate surface area is 156 Å². The highest BCUT2D eigenvalue weighted by molar-refractivity contribution is 6.33. The molecule has 0 aliphatic carbocycles. The van der Waals surface area contributed by atoms with Crippen LogP contribution in [0, 0.1) is 0 Å². The van der Waals surface area contributed by atoms with Gasteiger partial charge in [0.2, 0.25) is 0 Å². The van der Waals surface area contributed by atoms with E-state index < -0.39 is 17.6 Å². The molecule has 0 aliphatic rings. The molecule has 0 bridgehead atoms. The Hall–Kier alpha value is -2.77. The predicted molar refractivity (Wildman–Crippen MR) is 99.5 cm³/mol. The molecule has 7 nitrogen and oxygen atoms in total. The summed E-state index contributed by atoms with van der Waals surface area (Å²) < 4.78 is 10.9. The average molecular weight is 378 g/mol. The maximum absolute atomic E-state index is 11.8. The Kier molecular flexibility index (Phi) is 6.07. The summed E-state index contributed by atoms with van der Waals surface area (Å²) >= 11 is 6.18. The lowest BCUT2D eigenvalue weighted by atomic mass is 10.2. The van der Waals surface area contributed by atoms with Crippen LogP contribution in [-0.4, -0.2) is 17.6 Å². The fourth-order valence-electron chi connectivity index (χ4n) is 1.99. The standard InChI is InChI=1S/C18H20ClN3O4/c1-18(2,3)26-17(24)21-15-8-7-13(10-14(15)19)25-12-6-4-5-11(9-12)16(23)22-20/h4-10H,20H2,1-3H3,(H,21,24)(H,22,23). The van der Waals surface area contributed by atoms with Gasteiger partial charge in [-0.3, -0.25) is 15.5 Å². The van der Waals surface area contributed by atoms with E-state index in [-0.39, 0.29) is 5.02 Å². The number of benzene rings is 2. The number of rotatable bonds is 4. The molecule has 2 aromatic rings. The number of hydrazine groups is 1. The van der Waals surface area contributed by atoms with E-state index in [0.717, 1.165) is 0 Å². The summed E-state index contributed by atoms with van der Waals surface area (Å²) in [7, 11) is 0. The van der Waals surface area contributed by atoms with Crippen LogP contribution in [0.1, 0.15) is 31.1 Å². The van der Waals surface area contributed by atoms with E-state index in [9.17, 15) is 9.59 Å². The molecule has 0 aliphatic heterocycles. The van der Waals surface area contributed by atoms with Gasteiger partial charge < -0.3 is 9.47 Å². The zero-order valence-electron chi connectivity index (χ0n) is 14.6. The molecule has 0 saturated heterocycles. The van der Waals surface area contributed by atoms with Gasteiger partial charge in [-0.1, -0.05) is 17.7 Å². The molecule has 0 spiro atoms. The minimum Gasteiger partial charge on any atom is -0.457 e. The van der Waals surface area contributed by atoms with Crippen LogP contribution in [0.5, 0.6) is 11.5 Å². The smallest absolute Gasteiger partial charge is 0.412 e. The first-order valence-electron chi connectivity index (χ1n) is 7.76. The van der Waals surface area contributed by atoms with Crippen molar-refractivity contribution in [1.29, 1.82) is 0 Å². The van der Waals surface area contributed by atoms with E-state index in [1.54, 1.807) is 63.2 Å². The third-order valence-corrected chi connectivity index (χ3v) is 3.35. The van der Waals surface area contributed by atoms with Gasteiger partial charge in [-0.05, 0) is 51.1 Å². The monoisotopic (exact) mass is 377 g/mol. The van der Waals surface area contributed by atoms with Gasteiger partial charge in [0.25, 0.3) is 5.91 Å². The van der Waals surface area contributed by atoms with Crippen molar-refractivity contribution >= 4 is 29.3 Å². The van der Waals surface area contributed by atoms with Crippen molar-refractivity contribution in [1.82, 2.24) is 5.43 Å². The summed E-state index contributed by atoms with van der Waals surface area (Å²) in [4.78, 5) is 23.4. The van der Waals surface area contributed by atoms with Crippen LogP contribution < -0.4 is 21.3 Å². The minimum atomic E-state index is -0.611. The van der Waals surface area contributed by atoms with Crippen molar-refractivity contribution in [2.75, 3.05) is 5.32 Å². The van der Waals surface area contributed by atoms with Crippen LogP contribution in [0.2, 0.25) is 5.02 Å². The van der Waals surface area contributed by atoms with Crippen LogP contribution in [0.15, 0.2) is 42.5 Å². The number of hydrogen-bond acceptors (Lipinski definition) is 5. The predicted octanol–water partition coefficient (Wildman–Crippen LogP) is 4.08. The highest BCUT2D eigenvalue weighted by Crippen LogP contribution is 2.30. The molecular formula is C18H20ClN3O4. The van der Waals surface area contributed by atoms with Gasteiger partial charge in [-0.15, -0.1) is 0 Å². The molecule has 0 saturated carbocycles. The number of carbonyl (C=O) groups is 2. The fraction of sp³-hybridized carbons (Fsp3) is 0.222. The van der Waals surface area contributed by atoms with Crippen LogP contribution in [-0.2, 0) is 4.74 Å². The van der Waals surface area contributed by atoms with E-state index in [1.807, 2.05) is 0 Å². The van der Waals surface area contributed by atoms with Gasteiger partial charge in [0.1, 0.15) is 17.1 Å². The second kappa shape index (κ2) is 8.07. The lowest BCUT2D eigenvalue weighted by Crippen LogP contribution is -2.29. The molecule has 0 radical (unpaired) electrons. The van der Waals surface area contributed by atoms with E-state index in [4.69, 9.17) is 26.9 Å². The quantitative estimate of drug-likeness (QED) is 0.423. The zero-order chi connectivity index (χ0) is 19.3. The second-order valence-electron chi connectivity index (χ2n) is 6.37. The number of nitrogen functional groups attached to an aromatic ring is 1. The van der Waals surface area contributed by atoms with Crippen molar-refractivity contribution in [3.05, 3.63) is 53.1 Å². The van der Waals surface area contributed by atoms with Gasteiger partial charge in [0, 0.05) is 11.6 Å². The zero-order valence-corrected chi connectivity index (χ0v) is 15.4. The van der Waals surface area contributed by atoms with Crippen LogP contribution in [0.3, 0.4) is 0 Å². The van der Waals surface area contributed by atoms with Gasteiger partial charge in [-0.2, -0.15) is 0 Å². The number of halogens is 1. The summed E-state index contributed by atoms with van der Waals surface area (Å²) in [6.45, 7) is 5.30. The molecule has 2 aromatic carbocycles. The summed E-state index contributed by atoms with van der Waals surface area (Å²) in [5.41, 5.74) is 2.20. The number of amides is 2. The lowest BCUT2D eigenvalue weighted by Gasteiger charge is -2.20. The number of nitrogens with one attached hydrogen (secondary N) is 2. The van der Waals surface area contributed by atoms with Gasteiger partial charge in [0.05, 0.1) is 10.7 Å². The molecule has 0 heterocycles. The molecule has 0 unspecified atom stereocenters. The Morgan fingerprint density at radius 1 is 1.08 bits per heavy atom. The number of hydrogen-bond donors (Lipinski definition) is 3. The molecule has 0 fully saturated rings. The number of ether oxygens (including phenoxy) is 2. The van der Waals surface area contributed by atoms with Crippen LogP contribution >= 0.6 is 11.6 Å². The molecule has 4 N–H and O–H groups in total. The third kappa shape index (κ3) is 5.65. The summed E-state index contributed by atoms with van der Waals surface area (Å²) in [5.74, 6) is 5.57. The number of nitrogens with two attached hydrogens (primary N) is 1. The van der Waals surface area contributed by atoms with E-state index >= 15 is 0 Å². The Balaban J connectivity index is 2.10. The van der Waals surface area contributed by atoms with Crippen molar-refractivity contribution in [3.8, 4) is 11.5 Å². The summed E-state index contributed by atoms with van der Waals surface area (Å²) in [6, 6.07) is 11.3. The molecule has 0 atom stereocenters. The largest absolute Gasteiger partial charge is 0.457 e. The highest BCUT2D eigenvalue weighted by atomic mass is 35.5. The first kappa shape index (κ1) is 19.6. The summed E-state index contributed by atoms with van der Waals surface area (Å²) in [5, 5.41) is 2.86. The molecule has 0 aromatic heterocycles. The van der Waals surface area contributed by atoms with Crippen molar-refractivity contribution in [2.45, 2.75) is 26.4 Å². The first-order valence-corrected chi connectivity index (χ1v) is 8.14. The maximum atomic E-state index is 11.8. The van der Waals surface area contributed by atoms with Crippen molar-refractivity contribution < 1.29 is 19.1 Å². The highest BCUT2D eigenvalue weighted by Gasteiger charge is 2.17. The van der Waals surface area contributed by atoms with Crippen molar-refractivity contribution in [3.63, 3.8) is 0 Å². The average Bonchev–Trinajstić information content (AvgIpc) is 2.55. The normalized spacial score (nSPS) is 10.8. The first-order chi connectivity index (χ1) is 12.2. The van der Waals surface area contributed by atoms with E-state index in [2.05, 4.69) is 10.7 Å². The molecular weight excluding hydrogens is 358 g/mol. The topological polar surface area (TPSA) is 103 Å². The van der Waals surface area contributed by atoms with E-state index in [1.165, 1.54) is 0 Å². The Morgan fingerprint density at radius 3 is 2.38 bits per heavy atom. The summed E-state index contributed by atoms with van der Waals surface area (Å²) in [6.07, 6.45) is -0.603. The van der Waals surface area contributed by atoms with Crippen LogP contribution in [0.25, 0.3) is 0 Å². The van der Waals surface area contributed by atoms with Gasteiger partial charge in [-0.25, -0.2) is 10.6 Å². The number of carbonyl (C=O) groups excluding carboxylic acids is 2. The Bertz CT molecular complexity index is 818. The lowest BCUT2D eigenvalue weighted by molar-refractivity contribution is 0.0635. The molecule has 2 amide bonds. The SMILES string of the molecule is CC(C)(C)OC(=O)Nc1ccc(Oc2cccc(C(=O)NN)c2)cc1Cl. The van der Waals surface area contributed by atoms with Crippen molar-refractivity contribution in [2.24, 2.45) is 5.84 Å². The molecule has 2 rings (SSSR count). The molecule has 8 heteroatoms. The minimum absolute atomic E-state index is 0.282. The molecule has 138 valence electrons. The fourth-order valence-corrected chi connectivity index (χ4v) is 2.21. The van der Waals surface area contributed by atoms with E-state index in [0.29, 0.717) is 22.7 Å².